The van der Waals surface area contributed by atoms with E-state index in [1.54, 1.807) is 7.11 Å². The van der Waals surface area contributed by atoms with E-state index >= 15 is 0 Å². The van der Waals surface area contributed by atoms with Gasteiger partial charge >= 0.3 is 6.09 Å². The molecule has 1 aliphatic carbocycles. The number of hydrogen-bond acceptors (Lipinski definition) is 4. The summed E-state index contributed by atoms with van der Waals surface area (Å²) in [4.78, 5) is 14.2. The molecule has 2 fully saturated rings. The molecule has 0 bridgehead atoms. The van der Waals surface area contributed by atoms with Crippen molar-refractivity contribution in [2.24, 2.45) is 5.92 Å². The number of carbonyl (C=O) groups is 1. The number of nitrogens with one attached hydrogen (secondary N) is 1. The molecular weight excluding hydrogens is 400 g/mol. The Labute approximate surface area is 183 Å². The van der Waals surface area contributed by atoms with E-state index in [-0.39, 0.29) is 12.1 Å². The molecule has 1 heterocycles. The van der Waals surface area contributed by atoms with Crippen molar-refractivity contribution in [1.82, 2.24) is 4.90 Å². The van der Waals surface area contributed by atoms with Gasteiger partial charge < -0.3 is 14.8 Å². The lowest BCUT2D eigenvalue weighted by atomic mass is 10.0. The van der Waals surface area contributed by atoms with Crippen LogP contribution in [0.25, 0.3) is 0 Å². The third-order valence-electron chi connectivity index (χ3n) is 6.14. The lowest BCUT2D eigenvalue weighted by molar-refractivity contribution is 0.156. The normalized spacial score (nSPS) is 19.2. The second kappa shape index (κ2) is 9.61. The SMILES string of the molecule is COc1ccc(C[C@H]2COC(=O)N2Cc2ccc(Cl)c(NCC3CCCC3)c2)cc1. The maximum atomic E-state index is 12.4. The number of hydrogen-bond donors (Lipinski definition) is 1. The molecule has 1 N–H and O–H groups in total. The zero-order valence-corrected chi connectivity index (χ0v) is 18.2. The van der Waals surface area contributed by atoms with E-state index in [1.165, 1.54) is 25.7 Å². The van der Waals surface area contributed by atoms with Crippen LogP contribution in [0.15, 0.2) is 42.5 Å². The van der Waals surface area contributed by atoms with E-state index in [0.717, 1.165) is 46.5 Å². The number of nitrogens with zero attached hydrogens (tertiary/aromatic N) is 1. The molecule has 0 aromatic heterocycles. The second-order valence-corrected chi connectivity index (χ2v) is 8.66. The summed E-state index contributed by atoms with van der Waals surface area (Å²) in [6.07, 6.45) is 5.72. The topological polar surface area (TPSA) is 50.8 Å². The van der Waals surface area contributed by atoms with Gasteiger partial charge in [0.1, 0.15) is 12.4 Å². The minimum absolute atomic E-state index is 0.0106. The van der Waals surface area contributed by atoms with E-state index in [4.69, 9.17) is 21.1 Å². The van der Waals surface area contributed by atoms with Gasteiger partial charge in [-0.1, -0.05) is 42.6 Å². The quantitative estimate of drug-likeness (QED) is 0.601. The Morgan fingerprint density at radius 3 is 2.60 bits per heavy atom. The average molecular weight is 429 g/mol. The van der Waals surface area contributed by atoms with Crippen molar-refractivity contribution in [3.05, 3.63) is 58.6 Å². The van der Waals surface area contributed by atoms with Crippen molar-refractivity contribution in [3.63, 3.8) is 0 Å². The standard InChI is InChI=1S/C24H29ClN2O3/c1-29-21-9-6-17(7-10-21)12-20-16-30-24(28)27(20)15-19-8-11-22(25)23(13-19)26-14-18-4-2-3-5-18/h6-11,13,18,20,26H,2-5,12,14-16H2,1H3/t20-/m0/s1. The first-order chi connectivity index (χ1) is 14.6. The monoisotopic (exact) mass is 428 g/mol. The van der Waals surface area contributed by atoms with Crippen LogP contribution in [0.2, 0.25) is 5.02 Å². The Hall–Kier alpha value is -2.40. The molecule has 160 valence electrons. The number of halogens is 1. The fourth-order valence-electron chi connectivity index (χ4n) is 4.36. The third kappa shape index (κ3) is 5.01. The average Bonchev–Trinajstić information content (AvgIpc) is 3.40. The molecule has 0 spiro atoms. The predicted molar refractivity (Wildman–Crippen MR) is 119 cm³/mol. The van der Waals surface area contributed by atoms with Gasteiger partial charge in [-0.2, -0.15) is 0 Å². The van der Waals surface area contributed by atoms with Gasteiger partial charge in [0.25, 0.3) is 0 Å². The summed E-state index contributed by atoms with van der Waals surface area (Å²) in [6.45, 7) is 1.87. The van der Waals surface area contributed by atoms with Gasteiger partial charge in [-0.3, -0.25) is 4.90 Å². The molecule has 1 atom stereocenters. The van der Waals surface area contributed by atoms with Gasteiger partial charge in [0, 0.05) is 13.1 Å². The van der Waals surface area contributed by atoms with Crippen LogP contribution in [0.4, 0.5) is 10.5 Å². The Balaban J connectivity index is 1.41. The van der Waals surface area contributed by atoms with Crippen molar-refractivity contribution in [2.45, 2.75) is 44.7 Å². The summed E-state index contributed by atoms with van der Waals surface area (Å²) in [5.74, 6) is 1.56. The number of benzene rings is 2. The highest BCUT2D eigenvalue weighted by atomic mass is 35.5. The zero-order chi connectivity index (χ0) is 20.9. The first-order valence-corrected chi connectivity index (χ1v) is 11.1. The Morgan fingerprint density at radius 2 is 1.87 bits per heavy atom. The van der Waals surface area contributed by atoms with Crippen LogP contribution in [-0.4, -0.2) is 37.3 Å². The lowest BCUT2D eigenvalue weighted by Gasteiger charge is -2.22. The molecule has 1 amide bonds. The summed E-state index contributed by atoms with van der Waals surface area (Å²) in [6, 6.07) is 13.9. The van der Waals surface area contributed by atoms with Crippen molar-refractivity contribution in [2.75, 3.05) is 25.6 Å². The molecule has 1 saturated heterocycles. The van der Waals surface area contributed by atoms with Crippen LogP contribution in [-0.2, 0) is 17.7 Å². The molecule has 0 unspecified atom stereocenters. The van der Waals surface area contributed by atoms with E-state index in [9.17, 15) is 4.79 Å². The molecule has 1 aliphatic heterocycles. The predicted octanol–water partition coefficient (Wildman–Crippen LogP) is 5.51. The highest BCUT2D eigenvalue weighted by Crippen LogP contribution is 2.29. The van der Waals surface area contributed by atoms with Gasteiger partial charge in [0.15, 0.2) is 0 Å². The number of rotatable bonds is 8. The van der Waals surface area contributed by atoms with Crippen LogP contribution >= 0.6 is 11.6 Å². The summed E-state index contributed by atoms with van der Waals surface area (Å²) < 4.78 is 10.6. The highest BCUT2D eigenvalue weighted by molar-refractivity contribution is 6.33. The van der Waals surface area contributed by atoms with Gasteiger partial charge in [-0.05, 0) is 60.6 Å². The van der Waals surface area contributed by atoms with Gasteiger partial charge in [-0.25, -0.2) is 4.79 Å². The third-order valence-corrected chi connectivity index (χ3v) is 6.47. The number of amides is 1. The van der Waals surface area contributed by atoms with E-state index in [2.05, 4.69) is 11.4 Å². The van der Waals surface area contributed by atoms with Crippen LogP contribution in [0, 0.1) is 5.92 Å². The zero-order valence-electron chi connectivity index (χ0n) is 17.4. The minimum Gasteiger partial charge on any atom is -0.497 e. The maximum absolute atomic E-state index is 12.4. The molecule has 2 aromatic rings. The molecule has 2 aliphatic rings. The first kappa shape index (κ1) is 20.9. The van der Waals surface area contributed by atoms with Crippen LogP contribution in [0.5, 0.6) is 5.75 Å². The van der Waals surface area contributed by atoms with E-state index in [1.807, 2.05) is 41.3 Å². The summed E-state index contributed by atoms with van der Waals surface area (Å²) in [5, 5.41) is 4.23. The largest absolute Gasteiger partial charge is 0.497 e. The highest BCUT2D eigenvalue weighted by Gasteiger charge is 2.33. The fourth-order valence-corrected chi connectivity index (χ4v) is 4.54. The number of cyclic esters (lactones) is 1. The molecule has 6 heteroatoms. The molecule has 4 rings (SSSR count). The first-order valence-electron chi connectivity index (χ1n) is 10.7. The molecular formula is C24H29ClN2O3. The van der Waals surface area contributed by atoms with Crippen molar-refractivity contribution in [1.29, 1.82) is 0 Å². The van der Waals surface area contributed by atoms with Crippen molar-refractivity contribution in [3.8, 4) is 5.75 Å². The van der Waals surface area contributed by atoms with Crippen molar-refractivity contribution < 1.29 is 14.3 Å². The number of methoxy groups -OCH3 is 1. The van der Waals surface area contributed by atoms with Crippen LogP contribution in [0.3, 0.4) is 0 Å². The van der Waals surface area contributed by atoms with Crippen LogP contribution in [0.1, 0.15) is 36.8 Å². The van der Waals surface area contributed by atoms with Crippen molar-refractivity contribution >= 4 is 23.4 Å². The summed E-state index contributed by atoms with van der Waals surface area (Å²) >= 11 is 6.41. The molecule has 2 aromatic carbocycles. The number of carbonyl (C=O) groups excluding carboxylic acids is 1. The molecule has 0 radical (unpaired) electrons. The summed E-state index contributed by atoms with van der Waals surface area (Å²) in [7, 11) is 1.66. The van der Waals surface area contributed by atoms with E-state index in [0.29, 0.717) is 13.2 Å². The molecule has 5 nitrogen and oxygen atoms in total. The number of anilines is 1. The summed E-state index contributed by atoms with van der Waals surface area (Å²) in [5.41, 5.74) is 3.14. The van der Waals surface area contributed by atoms with E-state index < -0.39 is 0 Å². The smallest absolute Gasteiger partial charge is 0.410 e. The Kier molecular flexibility index (Phi) is 6.68. The minimum atomic E-state index is -0.260. The van der Waals surface area contributed by atoms with Gasteiger partial charge in [-0.15, -0.1) is 0 Å². The molecule has 1 saturated carbocycles. The lowest BCUT2D eigenvalue weighted by Crippen LogP contribution is -2.34. The Bertz CT molecular complexity index is 865. The number of ether oxygens (including phenoxy) is 2. The second-order valence-electron chi connectivity index (χ2n) is 8.26. The van der Waals surface area contributed by atoms with Gasteiger partial charge in [0.05, 0.1) is 23.9 Å². The fraction of sp³-hybridized carbons (Fsp3) is 0.458. The van der Waals surface area contributed by atoms with Crippen LogP contribution < -0.4 is 10.1 Å². The Morgan fingerprint density at radius 1 is 1.13 bits per heavy atom. The maximum Gasteiger partial charge on any atom is 0.410 e. The molecule has 30 heavy (non-hydrogen) atoms. The van der Waals surface area contributed by atoms with Gasteiger partial charge in [0.2, 0.25) is 0 Å².